The number of aromatic amines is 1. The lowest BCUT2D eigenvalue weighted by molar-refractivity contribution is 0.0203. The molecule has 1 fully saturated rings. The first kappa shape index (κ1) is 24.6. The second kappa shape index (κ2) is 10.2. The van der Waals surface area contributed by atoms with E-state index in [1.165, 1.54) is 0 Å². The summed E-state index contributed by atoms with van der Waals surface area (Å²) in [5.74, 6) is 0.967. The van der Waals surface area contributed by atoms with E-state index in [0.29, 0.717) is 18.7 Å². The highest BCUT2D eigenvalue weighted by atomic mass is 32.1. The van der Waals surface area contributed by atoms with Gasteiger partial charge in [-0.15, -0.1) is 0 Å². The summed E-state index contributed by atoms with van der Waals surface area (Å²) >= 11 is -0.750. The van der Waals surface area contributed by atoms with Crippen molar-refractivity contribution in [2.24, 2.45) is 0 Å². The molecule has 1 amide bonds. The van der Waals surface area contributed by atoms with Crippen molar-refractivity contribution in [3.63, 3.8) is 0 Å². The van der Waals surface area contributed by atoms with E-state index in [4.69, 9.17) is 18.1 Å². The third-order valence-electron chi connectivity index (χ3n) is 5.47. The number of fused-ring (bicyclic) bond motifs is 1. The van der Waals surface area contributed by atoms with Gasteiger partial charge in [-0.3, -0.25) is 0 Å². The molecule has 4 rings (SSSR count). The minimum atomic E-state index is -0.750. The van der Waals surface area contributed by atoms with E-state index in [1.807, 2.05) is 58.0 Å². The average molecular weight is 474 g/mol. The maximum Gasteiger partial charge on any atom is 0.410 e. The number of halogens is 1. The van der Waals surface area contributed by atoms with Gasteiger partial charge in [0.2, 0.25) is 0 Å². The molecule has 1 aliphatic heterocycles. The Bertz CT molecular complexity index is 1170. The molecule has 0 unspecified atom stereocenters. The molecule has 0 aliphatic carbocycles. The lowest BCUT2D eigenvalue weighted by Crippen LogP contribution is -2.41. The summed E-state index contributed by atoms with van der Waals surface area (Å²) in [6.07, 6.45) is 1.41. The fourth-order valence-corrected chi connectivity index (χ4v) is 3.91. The molecule has 176 valence electrons. The van der Waals surface area contributed by atoms with Gasteiger partial charge in [0.05, 0.1) is 11.0 Å². The average Bonchev–Trinajstić information content (AvgIpc) is 3.16. The van der Waals surface area contributed by atoms with Gasteiger partial charge in [-0.25, -0.2) is 14.2 Å². The Morgan fingerprint density at radius 1 is 1.15 bits per heavy atom. The number of likely N-dealkylation sites (tertiary alicyclic amines) is 1. The van der Waals surface area contributed by atoms with E-state index in [-0.39, 0.29) is 17.8 Å². The van der Waals surface area contributed by atoms with Crippen LogP contribution < -0.4 is 0 Å². The van der Waals surface area contributed by atoms with E-state index >= 15 is 0 Å². The van der Waals surface area contributed by atoms with E-state index in [0.717, 1.165) is 40.8 Å². The molecule has 1 saturated heterocycles. The van der Waals surface area contributed by atoms with Crippen molar-refractivity contribution in [1.82, 2.24) is 14.9 Å². The molecule has 1 aromatic heterocycles. The smallest absolute Gasteiger partial charge is 0.410 e. The molecular formula is C24H28FN3O4S. The van der Waals surface area contributed by atoms with Crippen molar-refractivity contribution in [1.29, 1.82) is 0 Å². The van der Waals surface area contributed by atoms with Crippen molar-refractivity contribution in [3.8, 4) is 11.1 Å². The molecule has 0 radical (unpaired) electrons. The van der Waals surface area contributed by atoms with Crippen LogP contribution in [0.25, 0.3) is 22.2 Å². The fraction of sp³-hybridized carbons (Fsp3) is 0.417. The summed E-state index contributed by atoms with van der Waals surface area (Å²) < 4.78 is 36.4. The molecule has 9 heteroatoms. The van der Waals surface area contributed by atoms with Crippen LogP contribution in [0.4, 0.5) is 9.18 Å². The molecular weight excluding hydrogens is 445 g/mol. The summed E-state index contributed by atoms with van der Waals surface area (Å²) in [6, 6.07) is 11.1. The number of aromatic nitrogens is 2. The maximum atomic E-state index is 14.4. The minimum Gasteiger partial charge on any atom is -0.444 e. The van der Waals surface area contributed by atoms with E-state index < -0.39 is 17.2 Å². The molecule has 0 atom stereocenters. The van der Waals surface area contributed by atoms with E-state index in [1.54, 1.807) is 11.0 Å². The number of carbonyl (C=O) groups is 1. The minimum absolute atomic E-state index is 0.219. The van der Waals surface area contributed by atoms with Crippen LogP contribution in [0.1, 0.15) is 50.9 Å². The van der Waals surface area contributed by atoms with E-state index in [2.05, 4.69) is 4.98 Å². The van der Waals surface area contributed by atoms with Gasteiger partial charge in [-0.1, -0.05) is 18.2 Å². The monoisotopic (exact) mass is 473 g/mol. The van der Waals surface area contributed by atoms with Crippen LogP contribution in [-0.2, 0) is 16.3 Å². The number of piperidine rings is 1. The first-order chi connectivity index (χ1) is 15.6. The van der Waals surface area contributed by atoms with Gasteiger partial charge in [0.25, 0.3) is 0 Å². The highest BCUT2D eigenvalue weighted by molar-refractivity contribution is 7.51. The van der Waals surface area contributed by atoms with Gasteiger partial charge in [0.1, 0.15) is 17.2 Å². The van der Waals surface area contributed by atoms with Crippen LogP contribution in [0.2, 0.25) is 0 Å². The summed E-state index contributed by atoms with van der Waals surface area (Å²) in [6.45, 7) is 8.81. The first-order valence-corrected chi connectivity index (χ1v) is 11.4. The van der Waals surface area contributed by atoms with Crippen LogP contribution in [0.15, 0.2) is 36.4 Å². The molecule has 0 spiro atoms. The van der Waals surface area contributed by atoms with Crippen LogP contribution in [-0.4, -0.2) is 48.1 Å². The molecule has 3 aromatic rings. The van der Waals surface area contributed by atoms with Crippen LogP contribution in [0.3, 0.4) is 0 Å². The Balaban J connectivity index is 0.000000968. The lowest BCUT2D eigenvalue weighted by atomic mass is 9.96. The zero-order chi connectivity index (χ0) is 24.2. The number of amides is 1. The van der Waals surface area contributed by atoms with Gasteiger partial charge >= 0.3 is 17.7 Å². The number of nitrogens with zero attached hydrogens (tertiary/aromatic N) is 2. The number of imidazole rings is 1. The number of H-pyrrole nitrogens is 1. The molecule has 1 aliphatic rings. The summed E-state index contributed by atoms with van der Waals surface area (Å²) in [5, 5.41) is 0. The second-order valence-electron chi connectivity index (χ2n) is 9.15. The standard InChI is InChI=1S/C24H28FN3O2.O2S/c1-15-5-7-18(19(25)13-15)17-6-8-20-21(14-17)27-22(26-20)16-9-11-28(12-10-16)23(29)30-24(2,3)4;1-3-2/h5-8,13-14,16H,9-12H2,1-4H3,(H,26,27);. The van der Waals surface area contributed by atoms with Crippen LogP contribution in [0.5, 0.6) is 0 Å². The topological polar surface area (TPSA) is 92.4 Å². The van der Waals surface area contributed by atoms with E-state index in [9.17, 15) is 9.18 Å². The van der Waals surface area contributed by atoms with Gasteiger partial charge < -0.3 is 14.6 Å². The Hall–Kier alpha value is -3.07. The molecule has 0 saturated carbocycles. The van der Waals surface area contributed by atoms with Crippen LogP contribution >= 0.6 is 0 Å². The summed E-state index contributed by atoms with van der Waals surface area (Å²) in [4.78, 5) is 22.2. The number of carbonyl (C=O) groups excluding carboxylic acids is 1. The number of ether oxygens (including phenoxy) is 1. The number of benzene rings is 2. The normalized spacial score (nSPS) is 14.5. The van der Waals surface area contributed by atoms with Gasteiger partial charge in [0.15, 0.2) is 0 Å². The molecule has 1 N–H and O–H groups in total. The molecule has 2 heterocycles. The van der Waals surface area contributed by atoms with Crippen molar-refractivity contribution in [2.75, 3.05) is 13.1 Å². The van der Waals surface area contributed by atoms with Gasteiger partial charge in [0, 0.05) is 24.6 Å². The van der Waals surface area contributed by atoms with Crippen molar-refractivity contribution in [3.05, 3.63) is 53.6 Å². The highest BCUT2D eigenvalue weighted by Crippen LogP contribution is 2.31. The fourth-order valence-electron chi connectivity index (χ4n) is 3.91. The Morgan fingerprint density at radius 3 is 2.42 bits per heavy atom. The van der Waals surface area contributed by atoms with Gasteiger partial charge in [-0.05, 0) is 69.9 Å². The third-order valence-corrected chi connectivity index (χ3v) is 5.47. The number of hydrogen-bond acceptors (Lipinski definition) is 5. The Labute approximate surface area is 196 Å². The second-order valence-corrected chi connectivity index (χ2v) is 9.28. The predicted molar refractivity (Wildman–Crippen MR) is 125 cm³/mol. The third kappa shape index (κ3) is 6.25. The van der Waals surface area contributed by atoms with Crippen LogP contribution in [0, 0.1) is 12.7 Å². The maximum absolute atomic E-state index is 14.4. The Kier molecular flexibility index (Phi) is 7.63. The van der Waals surface area contributed by atoms with Crippen molar-refractivity contribution < 1.29 is 22.3 Å². The SMILES string of the molecule is Cc1ccc(-c2ccc3nc(C4CCN(C(=O)OC(C)(C)C)CC4)[nH]c3c2)c(F)c1.O=S=O. The lowest BCUT2D eigenvalue weighted by Gasteiger charge is -2.32. The number of rotatable bonds is 2. The first-order valence-electron chi connectivity index (χ1n) is 10.8. The highest BCUT2D eigenvalue weighted by Gasteiger charge is 2.28. The zero-order valence-corrected chi connectivity index (χ0v) is 20.0. The number of aryl methyl sites for hydroxylation is 1. The Morgan fingerprint density at radius 2 is 1.82 bits per heavy atom. The quantitative estimate of drug-likeness (QED) is 0.558. The number of nitrogens with one attached hydrogen (secondary N) is 1. The molecule has 33 heavy (non-hydrogen) atoms. The zero-order valence-electron chi connectivity index (χ0n) is 19.2. The number of hydrogen-bond donors (Lipinski definition) is 1. The molecule has 7 nitrogen and oxygen atoms in total. The molecule has 2 aromatic carbocycles. The van der Waals surface area contributed by atoms with Crippen molar-refractivity contribution >= 4 is 28.7 Å². The summed E-state index contributed by atoms with van der Waals surface area (Å²) in [7, 11) is 0. The van der Waals surface area contributed by atoms with Crippen molar-refractivity contribution in [2.45, 2.75) is 52.1 Å². The summed E-state index contributed by atoms with van der Waals surface area (Å²) in [5.41, 5.74) is 3.60. The largest absolute Gasteiger partial charge is 0.444 e. The molecule has 0 bridgehead atoms. The van der Waals surface area contributed by atoms with Gasteiger partial charge in [-0.2, -0.15) is 8.42 Å². The predicted octanol–water partition coefficient (Wildman–Crippen LogP) is 5.12.